The van der Waals surface area contributed by atoms with Gasteiger partial charge in [-0.3, -0.25) is 0 Å². The Hall–Kier alpha value is -1.42. The lowest BCUT2D eigenvalue weighted by atomic mass is 10.0. The third-order valence-corrected chi connectivity index (χ3v) is 3.46. The van der Waals surface area contributed by atoms with E-state index in [1.54, 1.807) is 17.8 Å². The highest BCUT2D eigenvalue weighted by atomic mass is 32.2. The molecule has 4 heteroatoms. The van der Waals surface area contributed by atoms with Crippen LogP contribution in [0.4, 0.5) is 13.2 Å². The number of halogens is 3. The molecule has 0 bridgehead atoms. The van der Waals surface area contributed by atoms with Crippen molar-refractivity contribution >= 4 is 11.8 Å². The second-order valence-electron chi connectivity index (χ2n) is 3.95. The lowest BCUT2D eigenvalue weighted by Gasteiger charge is -2.08. The fraction of sp³-hybridized carbons (Fsp3) is 0.200. The molecule has 0 atom stereocenters. The van der Waals surface area contributed by atoms with Crippen LogP contribution >= 0.6 is 11.8 Å². The molecule has 0 nitrogen and oxygen atoms in total. The van der Waals surface area contributed by atoms with Crippen LogP contribution in [0.1, 0.15) is 12.5 Å². The van der Waals surface area contributed by atoms with Crippen LogP contribution < -0.4 is 0 Å². The van der Waals surface area contributed by atoms with E-state index in [0.717, 1.165) is 33.9 Å². The zero-order valence-corrected chi connectivity index (χ0v) is 11.1. The lowest BCUT2D eigenvalue weighted by molar-refractivity contribution is -0.137. The van der Waals surface area contributed by atoms with Crippen molar-refractivity contribution in [3.05, 3.63) is 54.1 Å². The second-order valence-corrected chi connectivity index (χ2v) is 5.26. The summed E-state index contributed by atoms with van der Waals surface area (Å²) in [4.78, 5) is 1.000. The van der Waals surface area contributed by atoms with E-state index < -0.39 is 11.7 Å². The van der Waals surface area contributed by atoms with Gasteiger partial charge in [-0.2, -0.15) is 13.2 Å². The normalized spacial score (nSPS) is 11.6. The lowest BCUT2D eigenvalue weighted by Crippen LogP contribution is -2.03. The topological polar surface area (TPSA) is 0 Å². The molecule has 0 N–H and O–H groups in total. The largest absolute Gasteiger partial charge is 0.416 e. The highest BCUT2D eigenvalue weighted by molar-refractivity contribution is 7.99. The predicted octanol–water partition coefficient (Wildman–Crippen LogP) is 5.28. The Labute approximate surface area is 114 Å². The Kier molecular flexibility index (Phi) is 4.20. The van der Waals surface area contributed by atoms with E-state index >= 15 is 0 Å². The SMILES string of the molecule is CCSc1[c]ccc(-c2ccc(C(F)(F)F)cc2)c1. The minimum atomic E-state index is -4.29. The fourth-order valence-corrected chi connectivity index (χ4v) is 2.39. The van der Waals surface area contributed by atoms with Crippen LogP contribution in [0.3, 0.4) is 0 Å². The molecule has 2 rings (SSSR count). The van der Waals surface area contributed by atoms with E-state index in [-0.39, 0.29) is 0 Å². The monoisotopic (exact) mass is 281 g/mol. The van der Waals surface area contributed by atoms with Crippen molar-refractivity contribution in [3.8, 4) is 11.1 Å². The van der Waals surface area contributed by atoms with Crippen LogP contribution in [0.15, 0.2) is 47.4 Å². The average Bonchev–Trinajstić information content (AvgIpc) is 2.39. The summed E-state index contributed by atoms with van der Waals surface area (Å²) in [5.74, 6) is 0.937. The van der Waals surface area contributed by atoms with Crippen LogP contribution in [0.2, 0.25) is 0 Å². The molecule has 0 heterocycles. The molecule has 0 saturated carbocycles. The number of thioether (sulfide) groups is 1. The van der Waals surface area contributed by atoms with Gasteiger partial charge in [0.1, 0.15) is 0 Å². The maximum Gasteiger partial charge on any atom is 0.416 e. The minimum absolute atomic E-state index is 0.623. The molecule has 2 aromatic carbocycles. The molecule has 0 amide bonds. The maximum atomic E-state index is 12.5. The first kappa shape index (κ1) is 14.0. The van der Waals surface area contributed by atoms with Crippen LogP contribution in [0.25, 0.3) is 11.1 Å². The summed E-state index contributed by atoms with van der Waals surface area (Å²) in [6, 6.07) is 13.9. The van der Waals surface area contributed by atoms with E-state index in [1.807, 2.05) is 19.1 Å². The third-order valence-electron chi connectivity index (χ3n) is 2.62. The fourth-order valence-electron chi connectivity index (χ4n) is 1.71. The standard InChI is InChI=1S/C15H12F3S/c1-2-19-14-5-3-4-12(10-14)11-6-8-13(9-7-11)15(16,17)18/h3-4,6-10H,2H2,1H3. The molecular formula is C15H12F3S. The van der Waals surface area contributed by atoms with E-state index in [0.29, 0.717) is 0 Å². The maximum absolute atomic E-state index is 12.5. The number of rotatable bonds is 3. The summed E-state index contributed by atoms with van der Waals surface area (Å²) in [6.45, 7) is 2.04. The molecular weight excluding hydrogens is 269 g/mol. The number of alkyl halides is 3. The van der Waals surface area contributed by atoms with Crippen LogP contribution in [0.5, 0.6) is 0 Å². The number of benzene rings is 2. The molecule has 0 spiro atoms. The molecule has 0 aliphatic carbocycles. The van der Waals surface area contributed by atoms with Crippen molar-refractivity contribution in [2.45, 2.75) is 18.0 Å². The smallest absolute Gasteiger partial charge is 0.166 e. The van der Waals surface area contributed by atoms with Gasteiger partial charge in [0.2, 0.25) is 0 Å². The molecule has 0 aliphatic heterocycles. The van der Waals surface area contributed by atoms with Gasteiger partial charge in [-0.1, -0.05) is 31.2 Å². The summed E-state index contributed by atoms with van der Waals surface area (Å²) in [5.41, 5.74) is 1.06. The summed E-state index contributed by atoms with van der Waals surface area (Å²) >= 11 is 1.66. The van der Waals surface area contributed by atoms with Crippen LogP contribution in [-0.2, 0) is 6.18 Å². The van der Waals surface area contributed by atoms with E-state index in [2.05, 4.69) is 6.07 Å². The van der Waals surface area contributed by atoms with Gasteiger partial charge in [0.05, 0.1) is 5.56 Å². The molecule has 19 heavy (non-hydrogen) atoms. The summed E-state index contributed by atoms with van der Waals surface area (Å²) in [6.07, 6.45) is -4.29. The second kappa shape index (κ2) is 5.70. The molecule has 0 saturated heterocycles. The quantitative estimate of drug-likeness (QED) is 0.689. The first-order valence-corrected chi connectivity index (χ1v) is 6.81. The van der Waals surface area contributed by atoms with Crippen molar-refractivity contribution in [1.82, 2.24) is 0 Å². The summed E-state index contributed by atoms with van der Waals surface area (Å²) < 4.78 is 37.4. The van der Waals surface area contributed by atoms with E-state index in [1.165, 1.54) is 12.1 Å². The van der Waals surface area contributed by atoms with Crippen molar-refractivity contribution < 1.29 is 13.2 Å². The first-order valence-electron chi connectivity index (χ1n) is 5.83. The molecule has 0 aromatic heterocycles. The highest BCUT2D eigenvalue weighted by Gasteiger charge is 2.29. The molecule has 0 aliphatic rings. The van der Waals surface area contributed by atoms with Gasteiger partial charge in [-0.05, 0) is 41.1 Å². The highest BCUT2D eigenvalue weighted by Crippen LogP contribution is 2.31. The third kappa shape index (κ3) is 3.53. The van der Waals surface area contributed by atoms with Crippen LogP contribution in [0, 0.1) is 6.07 Å². The Morgan fingerprint density at radius 3 is 2.32 bits per heavy atom. The Morgan fingerprint density at radius 1 is 1.05 bits per heavy atom. The molecule has 0 unspecified atom stereocenters. The van der Waals surface area contributed by atoms with Crippen molar-refractivity contribution in [3.63, 3.8) is 0 Å². The minimum Gasteiger partial charge on any atom is -0.166 e. The number of hydrogen-bond acceptors (Lipinski definition) is 1. The molecule has 2 aromatic rings. The van der Waals surface area contributed by atoms with Gasteiger partial charge in [0, 0.05) is 4.90 Å². The molecule has 0 fully saturated rings. The van der Waals surface area contributed by atoms with Crippen LogP contribution in [-0.4, -0.2) is 5.75 Å². The average molecular weight is 281 g/mol. The van der Waals surface area contributed by atoms with Gasteiger partial charge in [0.15, 0.2) is 0 Å². The van der Waals surface area contributed by atoms with Crippen molar-refractivity contribution in [2.75, 3.05) is 5.75 Å². The first-order chi connectivity index (χ1) is 9.00. The van der Waals surface area contributed by atoms with E-state index in [4.69, 9.17) is 0 Å². The van der Waals surface area contributed by atoms with Crippen molar-refractivity contribution in [1.29, 1.82) is 0 Å². The Bertz CT molecular complexity index is 544. The zero-order valence-electron chi connectivity index (χ0n) is 10.3. The van der Waals surface area contributed by atoms with Gasteiger partial charge in [-0.25, -0.2) is 0 Å². The Morgan fingerprint density at radius 2 is 1.74 bits per heavy atom. The van der Waals surface area contributed by atoms with Crippen molar-refractivity contribution in [2.24, 2.45) is 0 Å². The Balaban J connectivity index is 2.29. The van der Waals surface area contributed by atoms with E-state index in [9.17, 15) is 13.2 Å². The summed E-state index contributed by atoms with van der Waals surface area (Å²) in [7, 11) is 0. The predicted molar refractivity (Wildman–Crippen MR) is 72.1 cm³/mol. The molecule has 99 valence electrons. The van der Waals surface area contributed by atoms with Gasteiger partial charge >= 0.3 is 6.18 Å². The summed E-state index contributed by atoms with van der Waals surface area (Å²) in [5, 5.41) is 0. The molecule has 1 radical (unpaired) electrons. The van der Waals surface area contributed by atoms with Gasteiger partial charge in [0.25, 0.3) is 0 Å². The van der Waals surface area contributed by atoms with Gasteiger partial charge in [-0.15, -0.1) is 11.8 Å². The number of hydrogen-bond donors (Lipinski definition) is 0. The zero-order chi connectivity index (χ0) is 13.9. The van der Waals surface area contributed by atoms with Gasteiger partial charge < -0.3 is 0 Å².